The van der Waals surface area contributed by atoms with Crippen molar-refractivity contribution in [2.75, 3.05) is 0 Å². The third kappa shape index (κ3) is 7.63. The second kappa shape index (κ2) is 18.1. The number of benzene rings is 11. The molecule has 1 aliphatic rings. The molecule has 0 amide bonds. The average molecular weight is 1050 g/mol. The second-order valence-electron chi connectivity index (χ2n) is 23.0. The lowest BCUT2D eigenvalue weighted by Gasteiger charge is -2.28. The molecule has 0 radical (unpaired) electrons. The van der Waals surface area contributed by atoms with E-state index in [1.807, 2.05) is 22.7 Å². The summed E-state index contributed by atoms with van der Waals surface area (Å²) in [5.41, 5.74) is 17.4. The second-order valence-corrected chi connectivity index (χ2v) is 25.2. The summed E-state index contributed by atoms with van der Waals surface area (Å²) in [6.45, 7) is 7.40. The number of para-hydroxylation sites is 2. The van der Waals surface area contributed by atoms with Gasteiger partial charge in [-0.15, -0.1) is 22.7 Å². The minimum atomic E-state index is -0.206. The lowest BCUT2D eigenvalue weighted by molar-refractivity contribution is 0.570. The molecule has 1 aliphatic carbocycles. The standard InChI is InChI=1S/C75H56O2S2/c1-44(63(51-30-34-60-58-18-9-13-23-71(58)79-73(60)43-51)37-46-24-31-55-53-15-6-10-20-66(53)76-68(55)38-46)47-28-35-62-64(40-47)75(2,3)65-41-50(52-14-4-5-19-61(52)74(62)65)27-26-48(49-29-33-56-54-16-7-11-21-67(54)77-69(56)42-49)36-45-25-32-59-57-17-8-12-22-70(57)78-72(59)39-45/h4-25,28-35,38-44,48,63H,26-27,36-37H2,1-3H3. The van der Waals surface area contributed by atoms with Gasteiger partial charge in [-0.3, -0.25) is 0 Å². The predicted molar refractivity (Wildman–Crippen MR) is 337 cm³/mol. The summed E-state index contributed by atoms with van der Waals surface area (Å²) in [7, 11) is 0. The zero-order valence-electron chi connectivity index (χ0n) is 44.5. The Bertz CT molecular complexity index is 4940. The van der Waals surface area contributed by atoms with Crippen molar-refractivity contribution in [1.82, 2.24) is 0 Å². The zero-order chi connectivity index (χ0) is 52.5. The first-order valence-electron chi connectivity index (χ1n) is 28.1. The molecule has 3 atom stereocenters. The van der Waals surface area contributed by atoms with Crippen molar-refractivity contribution in [3.63, 3.8) is 0 Å². The van der Waals surface area contributed by atoms with Crippen molar-refractivity contribution in [3.05, 3.63) is 263 Å². The highest BCUT2D eigenvalue weighted by molar-refractivity contribution is 7.26. The van der Waals surface area contributed by atoms with E-state index in [1.165, 1.54) is 128 Å². The maximum Gasteiger partial charge on any atom is 0.135 e. The number of thiophene rings is 2. The lowest BCUT2D eigenvalue weighted by Crippen LogP contribution is -2.17. The van der Waals surface area contributed by atoms with Crippen LogP contribution in [0.1, 0.15) is 89.5 Å². The van der Waals surface area contributed by atoms with Crippen LogP contribution in [0.2, 0.25) is 0 Å². The Hall–Kier alpha value is -8.28. The predicted octanol–water partition coefficient (Wildman–Crippen LogP) is 21.8. The summed E-state index contributed by atoms with van der Waals surface area (Å²) >= 11 is 3.82. The molecule has 0 bridgehead atoms. The maximum absolute atomic E-state index is 6.54. The van der Waals surface area contributed by atoms with Crippen molar-refractivity contribution in [3.8, 4) is 11.1 Å². The smallest absolute Gasteiger partial charge is 0.135 e. The Balaban J connectivity index is 0.758. The van der Waals surface area contributed by atoms with E-state index < -0.39 is 0 Å². The van der Waals surface area contributed by atoms with E-state index in [4.69, 9.17) is 8.83 Å². The van der Waals surface area contributed by atoms with E-state index in [0.717, 1.165) is 48.0 Å². The number of aryl methyl sites for hydroxylation is 1. The van der Waals surface area contributed by atoms with Gasteiger partial charge < -0.3 is 8.83 Å². The number of fused-ring (bicyclic) bond motifs is 17. The Morgan fingerprint density at radius 3 is 1.62 bits per heavy atom. The van der Waals surface area contributed by atoms with Crippen LogP contribution in [0.5, 0.6) is 0 Å². The highest BCUT2D eigenvalue weighted by atomic mass is 32.1. The first-order chi connectivity index (χ1) is 38.8. The minimum Gasteiger partial charge on any atom is -0.456 e. The van der Waals surface area contributed by atoms with E-state index in [2.05, 4.69) is 239 Å². The van der Waals surface area contributed by atoms with Gasteiger partial charge in [0.25, 0.3) is 0 Å². The van der Waals surface area contributed by atoms with Gasteiger partial charge in [-0.25, -0.2) is 0 Å². The van der Waals surface area contributed by atoms with Crippen LogP contribution in [0.3, 0.4) is 0 Å². The van der Waals surface area contributed by atoms with Gasteiger partial charge in [0.05, 0.1) is 0 Å². The number of furan rings is 2. The molecule has 0 aliphatic heterocycles. The topological polar surface area (TPSA) is 26.3 Å². The van der Waals surface area contributed by atoms with Gasteiger partial charge in [0, 0.05) is 67.3 Å². The Morgan fingerprint density at radius 2 is 0.911 bits per heavy atom. The van der Waals surface area contributed by atoms with Gasteiger partial charge in [-0.05, 0) is 158 Å². The van der Waals surface area contributed by atoms with Crippen LogP contribution in [-0.4, -0.2) is 0 Å². The molecule has 4 heteroatoms. The summed E-state index contributed by atoms with van der Waals surface area (Å²) < 4.78 is 18.4. The maximum atomic E-state index is 6.54. The molecule has 15 aromatic rings. The molecule has 3 unspecified atom stereocenters. The lowest BCUT2D eigenvalue weighted by atomic mass is 9.76. The van der Waals surface area contributed by atoms with E-state index in [1.54, 1.807) is 0 Å². The first-order valence-corrected chi connectivity index (χ1v) is 29.7. The molecular weight excluding hydrogens is 997 g/mol. The Kier molecular flexibility index (Phi) is 10.7. The minimum absolute atomic E-state index is 0.206. The van der Waals surface area contributed by atoms with Crippen LogP contribution in [0, 0.1) is 0 Å². The monoisotopic (exact) mass is 1050 g/mol. The summed E-state index contributed by atoms with van der Waals surface area (Å²) in [6.07, 6.45) is 3.81. The van der Waals surface area contributed by atoms with Crippen LogP contribution in [-0.2, 0) is 24.7 Å². The summed E-state index contributed by atoms with van der Waals surface area (Å²) in [4.78, 5) is 0. The van der Waals surface area contributed by atoms with Crippen molar-refractivity contribution in [1.29, 1.82) is 0 Å². The summed E-state index contributed by atoms with van der Waals surface area (Å²) in [5.74, 6) is 0.727. The molecule has 0 spiro atoms. The molecule has 4 aromatic heterocycles. The fourth-order valence-corrected chi connectivity index (χ4v) is 16.3. The van der Waals surface area contributed by atoms with Gasteiger partial charge in [0.15, 0.2) is 0 Å². The van der Waals surface area contributed by atoms with E-state index in [-0.39, 0.29) is 23.2 Å². The molecule has 0 saturated heterocycles. The summed E-state index contributed by atoms with van der Waals surface area (Å²) in [6, 6.07) is 82.2. The van der Waals surface area contributed by atoms with Gasteiger partial charge in [0.1, 0.15) is 22.3 Å². The molecule has 16 rings (SSSR count). The third-order valence-electron chi connectivity index (χ3n) is 18.2. The quantitative estimate of drug-likeness (QED) is 0.129. The fraction of sp³-hybridized carbons (Fsp3) is 0.147. The van der Waals surface area contributed by atoms with Gasteiger partial charge in [-0.2, -0.15) is 0 Å². The number of hydrogen-bond acceptors (Lipinski definition) is 4. The molecule has 11 aromatic carbocycles. The van der Waals surface area contributed by atoms with Crippen LogP contribution >= 0.6 is 22.7 Å². The van der Waals surface area contributed by atoms with Crippen LogP contribution in [0.15, 0.2) is 227 Å². The van der Waals surface area contributed by atoms with Crippen molar-refractivity contribution >= 4 is 118 Å². The van der Waals surface area contributed by atoms with Crippen molar-refractivity contribution in [2.24, 2.45) is 0 Å². The van der Waals surface area contributed by atoms with Crippen LogP contribution in [0.25, 0.3) is 106 Å². The normalized spacial score (nSPS) is 14.4. The van der Waals surface area contributed by atoms with Crippen molar-refractivity contribution < 1.29 is 8.83 Å². The largest absolute Gasteiger partial charge is 0.456 e. The number of rotatable bonds is 11. The number of hydrogen-bond donors (Lipinski definition) is 0. The summed E-state index contributed by atoms with van der Waals surface area (Å²) in [5, 5.41) is 12.8. The molecule has 2 nitrogen and oxygen atoms in total. The van der Waals surface area contributed by atoms with E-state index in [0.29, 0.717) is 0 Å². The highest BCUT2D eigenvalue weighted by Gasteiger charge is 2.38. The molecule has 0 N–H and O–H groups in total. The van der Waals surface area contributed by atoms with E-state index in [9.17, 15) is 0 Å². The molecule has 0 saturated carbocycles. The van der Waals surface area contributed by atoms with Crippen LogP contribution in [0.4, 0.5) is 0 Å². The Morgan fingerprint density at radius 1 is 0.392 bits per heavy atom. The van der Waals surface area contributed by atoms with Gasteiger partial charge >= 0.3 is 0 Å². The third-order valence-corrected chi connectivity index (χ3v) is 20.5. The Labute approximate surface area is 467 Å². The van der Waals surface area contributed by atoms with Crippen LogP contribution < -0.4 is 0 Å². The molecule has 4 heterocycles. The molecule has 0 fully saturated rings. The zero-order valence-corrected chi connectivity index (χ0v) is 46.1. The molecule has 380 valence electrons. The fourth-order valence-electron chi connectivity index (χ4n) is 14.0. The highest BCUT2D eigenvalue weighted by Crippen LogP contribution is 2.54. The van der Waals surface area contributed by atoms with E-state index >= 15 is 0 Å². The molecular formula is C75H56O2S2. The van der Waals surface area contributed by atoms with Gasteiger partial charge in [-0.1, -0.05) is 191 Å². The molecule has 79 heavy (non-hydrogen) atoms. The SMILES string of the molecule is CC(c1ccc2c(c1)C(C)(C)c1cc(CCC(Cc3ccc4c(c3)sc3ccccc34)c3ccc4c(c3)oc3ccccc34)c3ccccc3c1-2)C(Cc1ccc2c(c1)oc1ccccc12)c1ccc2c(c1)sc1ccccc12. The van der Waals surface area contributed by atoms with Crippen molar-refractivity contribution in [2.45, 2.75) is 69.6 Å². The first kappa shape index (κ1) is 46.8. The average Bonchev–Trinajstić information content (AvgIpc) is 4.48. The van der Waals surface area contributed by atoms with Gasteiger partial charge in [0.2, 0.25) is 0 Å².